The molecule has 1 aliphatic rings. The van der Waals surface area contributed by atoms with Crippen LogP contribution in [0.15, 0.2) is 35.3 Å². The van der Waals surface area contributed by atoms with Crippen LogP contribution in [0.25, 0.3) is 0 Å². The Balaban J connectivity index is 0.00000264. The number of halogens is 1. The van der Waals surface area contributed by atoms with E-state index in [2.05, 4.69) is 27.8 Å². The molecular formula is C15H25IN4O2S. The van der Waals surface area contributed by atoms with Crippen LogP contribution in [0.1, 0.15) is 12.0 Å². The van der Waals surface area contributed by atoms with Crippen LogP contribution in [0.2, 0.25) is 0 Å². The summed E-state index contributed by atoms with van der Waals surface area (Å²) in [4.78, 5) is 4.15. The summed E-state index contributed by atoms with van der Waals surface area (Å²) in [6.45, 7) is 2.46. The van der Waals surface area contributed by atoms with Gasteiger partial charge < -0.3 is 10.6 Å². The minimum Gasteiger partial charge on any atom is -0.356 e. The second-order valence-corrected chi connectivity index (χ2v) is 7.32. The van der Waals surface area contributed by atoms with Crippen LogP contribution in [-0.2, 0) is 16.4 Å². The highest BCUT2D eigenvalue weighted by molar-refractivity contribution is 14.0. The second-order valence-electron chi connectivity index (χ2n) is 5.23. The van der Waals surface area contributed by atoms with Crippen molar-refractivity contribution < 1.29 is 8.42 Å². The molecule has 0 bridgehead atoms. The first-order valence-electron chi connectivity index (χ1n) is 7.58. The highest BCUT2D eigenvalue weighted by Gasteiger charge is 2.27. The third-order valence-corrected chi connectivity index (χ3v) is 5.59. The molecule has 1 aromatic carbocycles. The number of hydrogen-bond acceptors (Lipinski definition) is 3. The van der Waals surface area contributed by atoms with Crippen LogP contribution in [0.5, 0.6) is 0 Å². The first-order valence-corrected chi connectivity index (χ1v) is 9.19. The van der Waals surface area contributed by atoms with E-state index in [-0.39, 0.29) is 29.7 Å². The Hall–Kier alpha value is -0.870. The van der Waals surface area contributed by atoms with Gasteiger partial charge in [0.05, 0.1) is 5.75 Å². The van der Waals surface area contributed by atoms with E-state index in [1.807, 2.05) is 18.2 Å². The van der Waals surface area contributed by atoms with Gasteiger partial charge >= 0.3 is 0 Å². The molecule has 0 unspecified atom stereocenters. The molecule has 0 aliphatic carbocycles. The van der Waals surface area contributed by atoms with Crippen molar-refractivity contribution in [1.29, 1.82) is 0 Å². The molecule has 0 saturated carbocycles. The number of nitrogens with one attached hydrogen (secondary N) is 2. The Labute approximate surface area is 155 Å². The van der Waals surface area contributed by atoms with Crippen molar-refractivity contribution in [1.82, 2.24) is 14.9 Å². The maximum absolute atomic E-state index is 11.7. The third kappa shape index (κ3) is 6.64. The van der Waals surface area contributed by atoms with Gasteiger partial charge in [-0.1, -0.05) is 30.3 Å². The van der Waals surface area contributed by atoms with Gasteiger partial charge in [-0.05, 0) is 18.4 Å². The van der Waals surface area contributed by atoms with E-state index in [0.717, 1.165) is 19.4 Å². The summed E-state index contributed by atoms with van der Waals surface area (Å²) in [5.74, 6) is 0.976. The van der Waals surface area contributed by atoms with Gasteiger partial charge in [0.1, 0.15) is 0 Å². The van der Waals surface area contributed by atoms with Gasteiger partial charge in [-0.3, -0.25) is 4.99 Å². The van der Waals surface area contributed by atoms with E-state index in [0.29, 0.717) is 25.6 Å². The Bertz CT molecular complexity index is 593. The molecule has 0 amide bonds. The van der Waals surface area contributed by atoms with Crippen molar-refractivity contribution >= 4 is 40.0 Å². The second kappa shape index (κ2) is 10.1. The molecule has 23 heavy (non-hydrogen) atoms. The molecule has 0 aromatic heterocycles. The SMILES string of the molecule is CN=C(NCCc1ccccc1)NCCN1CCCS1(=O)=O.I. The van der Waals surface area contributed by atoms with Gasteiger partial charge in [0.15, 0.2) is 5.96 Å². The van der Waals surface area contributed by atoms with E-state index in [9.17, 15) is 8.42 Å². The van der Waals surface area contributed by atoms with Gasteiger partial charge in [-0.15, -0.1) is 24.0 Å². The number of rotatable bonds is 6. The lowest BCUT2D eigenvalue weighted by atomic mass is 10.1. The lowest BCUT2D eigenvalue weighted by Gasteiger charge is -2.16. The van der Waals surface area contributed by atoms with Crippen molar-refractivity contribution in [3.8, 4) is 0 Å². The molecule has 6 nitrogen and oxygen atoms in total. The Morgan fingerprint density at radius 3 is 2.52 bits per heavy atom. The minimum atomic E-state index is -3.01. The fourth-order valence-electron chi connectivity index (χ4n) is 2.43. The number of nitrogens with zero attached hydrogens (tertiary/aromatic N) is 2. The number of aliphatic imine (C=N–C) groups is 1. The first kappa shape index (κ1) is 20.2. The van der Waals surface area contributed by atoms with Crippen molar-refractivity contribution in [2.75, 3.05) is 39.0 Å². The van der Waals surface area contributed by atoms with Gasteiger partial charge in [0.25, 0.3) is 0 Å². The minimum absolute atomic E-state index is 0. The third-order valence-electron chi connectivity index (χ3n) is 3.63. The van der Waals surface area contributed by atoms with Gasteiger partial charge in [-0.2, -0.15) is 0 Å². The van der Waals surface area contributed by atoms with Crippen molar-refractivity contribution in [2.45, 2.75) is 12.8 Å². The zero-order valence-electron chi connectivity index (χ0n) is 13.4. The molecule has 2 N–H and O–H groups in total. The van der Waals surface area contributed by atoms with Crippen molar-refractivity contribution in [3.05, 3.63) is 35.9 Å². The summed E-state index contributed by atoms with van der Waals surface area (Å²) in [5, 5.41) is 6.39. The van der Waals surface area contributed by atoms with E-state index in [1.165, 1.54) is 9.87 Å². The van der Waals surface area contributed by atoms with Crippen LogP contribution < -0.4 is 10.6 Å². The fraction of sp³-hybridized carbons (Fsp3) is 0.533. The zero-order chi connectivity index (χ0) is 15.8. The average Bonchev–Trinajstić information content (AvgIpc) is 2.85. The molecule has 8 heteroatoms. The highest BCUT2D eigenvalue weighted by atomic mass is 127. The standard InChI is InChI=1S/C15H24N4O2S.HI/c1-16-15(17-9-8-14-6-3-2-4-7-14)18-10-12-19-11-5-13-22(19,20)21;/h2-4,6-7H,5,8-13H2,1H3,(H2,16,17,18);1H. The summed E-state index contributed by atoms with van der Waals surface area (Å²) >= 11 is 0. The maximum atomic E-state index is 11.7. The van der Waals surface area contributed by atoms with Crippen LogP contribution >= 0.6 is 24.0 Å². The summed E-state index contributed by atoms with van der Waals surface area (Å²) in [5.41, 5.74) is 1.27. The lowest BCUT2D eigenvalue weighted by Crippen LogP contribution is -2.42. The summed E-state index contributed by atoms with van der Waals surface area (Å²) in [7, 11) is -1.30. The predicted molar refractivity (Wildman–Crippen MR) is 105 cm³/mol. The van der Waals surface area contributed by atoms with Crippen molar-refractivity contribution in [2.24, 2.45) is 4.99 Å². The number of sulfonamides is 1. The molecule has 1 heterocycles. The summed E-state index contributed by atoms with van der Waals surface area (Å²) in [6.07, 6.45) is 1.65. The number of guanidine groups is 1. The molecule has 2 rings (SSSR count). The van der Waals surface area contributed by atoms with Crippen LogP contribution in [0, 0.1) is 0 Å². The molecule has 1 saturated heterocycles. The van der Waals surface area contributed by atoms with E-state index in [4.69, 9.17) is 0 Å². The van der Waals surface area contributed by atoms with Crippen molar-refractivity contribution in [3.63, 3.8) is 0 Å². The van der Waals surface area contributed by atoms with Crippen LogP contribution in [-0.4, -0.2) is 57.7 Å². The molecule has 1 aromatic rings. The molecule has 130 valence electrons. The van der Waals surface area contributed by atoms with Gasteiger partial charge in [0.2, 0.25) is 10.0 Å². The Morgan fingerprint density at radius 2 is 1.91 bits per heavy atom. The fourth-order valence-corrected chi connectivity index (χ4v) is 3.96. The summed E-state index contributed by atoms with van der Waals surface area (Å²) < 4.78 is 24.9. The number of hydrogen-bond donors (Lipinski definition) is 2. The molecule has 0 radical (unpaired) electrons. The van der Waals surface area contributed by atoms with E-state index in [1.54, 1.807) is 7.05 Å². The van der Waals surface area contributed by atoms with Gasteiger partial charge in [0, 0.05) is 33.2 Å². The molecule has 0 spiro atoms. The largest absolute Gasteiger partial charge is 0.356 e. The summed E-state index contributed by atoms with van der Waals surface area (Å²) in [6, 6.07) is 10.2. The Morgan fingerprint density at radius 1 is 1.22 bits per heavy atom. The topological polar surface area (TPSA) is 73.8 Å². The monoisotopic (exact) mass is 452 g/mol. The van der Waals surface area contributed by atoms with Crippen LogP contribution in [0.3, 0.4) is 0 Å². The highest BCUT2D eigenvalue weighted by Crippen LogP contribution is 2.11. The van der Waals surface area contributed by atoms with Crippen LogP contribution in [0.4, 0.5) is 0 Å². The lowest BCUT2D eigenvalue weighted by molar-refractivity contribution is 0.445. The quantitative estimate of drug-likeness (QED) is 0.385. The number of benzene rings is 1. The molecule has 1 fully saturated rings. The smallest absolute Gasteiger partial charge is 0.214 e. The van der Waals surface area contributed by atoms with Gasteiger partial charge in [-0.25, -0.2) is 12.7 Å². The molecular weight excluding hydrogens is 427 g/mol. The van der Waals surface area contributed by atoms with E-state index >= 15 is 0 Å². The zero-order valence-corrected chi connectivity index (χ0v) is 16.5. The average molecular weight is 452 g/mol. The molecule has 0 atom stereocenters. The predicted octanol–water partition coefficient (Wildman–Crippen LogP) is 1.05. The Kier molecular flexibility index (Phi) is 8.85. The normalized spacial score (nSPS) is 17.5. The first-order chi connectivity index (χ1) is 10.6. The molecule has 1 aliphatic heterocycles. The maximum Gasteiger partial charge on any atom is 0.214 e. The van der Waals surface area contributed by atoms with E-state index < -0.39 is 10.0 Å².